The van der Waals surface area contributed by atoms with Gasteiger partial charge in [-0.25, -0.2) is 0 Å². The maximum absolute atomic E-state index is 12.3. The Labute approximate surface area is 144 Å². The average Bonchev–Trinajstić information content (AvgIpc) is 3.26. The highest BCUT2D eigenvalue weighted by atomic mass is 16.7. The van der Waals surface area contributed by atoms with Gasteiger partial charge in [0.25, 0.3) is 0 Å². The van der Waals surface area contributed by atoms with Crippen LogP contribution in [0, 0.1) is 0 Å². The molecule has 25 heavy (non-hydrogen) atoms. The van der Waals surface area contributed by atoms with Crippen LogP contribution in [0.25, 0.3) is 5.65 Å². The molecule has 0 saturated carbocycles. The third kappa shape index (κ3) is 3.13. The molecule has 0 bridgehead atoms. The van der Waals surface area contributed by atoms with Gasteiger partial charge >= 0.3 is 0 Å². The number of aromatic nitrogens is 3. The Morgan fingerprint density at radius 2 is 2.12 bits per heavy atom. The Morgan fingerprint density at radius 1 is 1.24 bits per heavy atom. The van der Waals surface area contributed by atoms with Gasteiger partial charge in [-0.2, -0.15) is 0 Å². The summed E-state index contributed by atoms with van der Waals surface area (Å²) in [6.45, 7) is 2.16. The lowest BCUT2D eigenvalue weighted by molar-refractivity contribution is -0.121. The van der Waals surface area contributed by atoms with Gasteiger partial charge in [0.05, 0.1) is 6.04 Å². The third-order valence-electron chi connectivity index (χ3n) is 4.18. The van der Waals surface area contributed by atoms with E-state index in [1.165, 1.54) is 0 Å². The SMILES string of the molecule is CC(NC(=O)CCc1ccc2c(c1)OCO2)c1nnc2ccccn12. The number of aryl methyl sites for hydroxylation is 1. The number of hydrogen-bond acceptors (Lipinski definition) is 5. The van der Waals surface area contributed by atoms with Crippen LogP contribution in [0.1, 0.15) is 30.8 Å². The van der Waals surface area contributed by atoms with E-state index in [-0.39, 0.29) is 18.7 Å². The second-order valence-electron chi connectivity index (χ2n) is 5.96. The van der Waals surface area contributed by atoms with E-state index in [2.05, 4.69) is 15.5 Å². The van der Waals surface area contributed by atoms with Gasteiger partial charge in [0.2, 0.25) is 12.7 Å². The molecule has 7 heteroatoms. The van der Waals surface area contributed by atoms with Crippen LogP contribution >= 0.6 is 0 Å². The topological polar surface area (TPSA) is 77.8 Å². The summed E-state index contributed by atoms with van der Waals surface area (Å²) in [7, 11) is 0. The molecule has 0 aliphatic carbocycles. The predicted octanol–water partition coefficient (Wildman–Crippen LogP) is 2.27. The van der Waals surface area contributed by atoms with Gasteiger partial charge in [0.1, 0.15) is 0 Å². The van der Waals surface area contributed by atoms with Gasteiger partial charge in [-0.1, -0.05) is 12.1 Å². The highest BCUT2D eigenvalue weighted by molar-refractivity contribution is 5.76. The highest BCUT2D eigenvalue weighted by Crippen LogP contribution is 2.32. The molecule has 1 aliphatic rings. The second kappa shape index (κ2) is 6.43. The highest BCUT2D eigenvalue weighted by Gasteiger charge is 2.17. The maximum Gasteiger partial charge on any atom is 0.231 e. The Kier molecular flexibility index (Phi) is 3.97. The summed E-state index contributed by atoms with van der Waals surface area (Å²) in [6, 6.07) is 11.2. The van der Waals surface area contributed by atoms with E-state index in [9.17, 15) is 4.79 Å². The summed E-state index contributed by atoms with van der Waals surface area (Å²) >= 11 is 0. The first-order valence-electron chi connectivity index (χ1n) is 8.18. The molecule has 1 unspecified atom stereocenters. The van der Waals surface area contributed by atoms with Crippen LogP contribution < -0.4 is 14.8 Å². The van der Waals surface area contributed by atoms with Crippen molar-refractivity contribution in [1.82, 2.24) is 19.9 Å². The zero-order valence-corrected chi connectivity index (χ0v) is 13.8. The number of carbonyl (C=O) groups excluding carboxylic acids is 1. The van der Waals surface area contributed by atoms with Crippen LogP contribution in [0.15, 0.2) is 42.6 Å². The summed E-state index contributed by atoms with van der Waals surface area (Å²) in [4.78, 5) is 12.3. The molecule has 128 valence electrons. The van der Waals surface area contributed by atoms with E-state index >= 15 is 0 Å². The smallest absolute Gasteiger partial charge is 0.231 e. The molecule has 0 spiro atoms. The van der Waals surface area contributed by atoms with E-state index in [4.69, 9.17) is 9.47 Å². The zero-order valence-electron chi connectivity index (χ0n) is 13.8. The number of fused-ring (bicyclic) bond motifs is 2. The molecule has 1 amide bonds. The van der Waals surface area contributed by atoms with Crippen molar-refractivity contribution in [3.05, 3.63) is 54.0 Å². The quantitative estimate of drug-likeness (QED) is 0.772. The number of ether oxygens (including phenoxy) is 2. The number of benzene rings is 1. The van der Waals surface area contributed by atoms with Gasteiger partial charge in [0, 0.05) is 12.6 Å². The Bertz CT molecular complexity index is 922. The van der Waals surface area contributed by atoms with E-state index in [1.807, 2.05) is 53.9 Å². The first-order chi connectivity index (χ1) is 12.2. The summed E-state index contributed by atoms with van der Waals surface area (Å²) in [5, 5.41) is 11.3. The van der Waals surface area contributed by atoms with E-state index in [0.29, 0.717) is 18.7 Å². The van der Waals surface area contributed by atoms with Crippen molar-refractivity contribution >= 4 is 11.6 Å². The summed E-state index contributed by atoms with van der Waals surface area (Å²) in [6.07, 6.45) is 2.91. The van der Waals surface area contributed by atoms with Crippen molar-refractivity contribution in [2.75, 3.05) is 6.79 Å². The standard InChI is InChI=1S/C18H18N4O3/c1-12(18-21-20-16-4-2-3-9-22(16)18)19-17(23)8-6-13-5-7-14-15(10-13)25-11-24-14/h2-5,7,9-10,12H,6,8,11H2,1H3,(H,19,23). The van der Waals surface area contributed by atoms with Crippen LogP contribution in [0.4, 0.5) is 0 Å². The normalized spacial score (nSPS) is 13.8. The lowest BCUT2D eigenvalue weighted by Gasteiger charge is -2.12. The number of nitrogens with zero attached hydrogens (tertiary/aromatic N) is 3. The lowest BCUT2D eigenvalue weighted by Crippen LogP contribution is -2.28. The van der Waals surface area contributed by atoms with Crippen LogP contribution in [0.5, 0.6) is 11.5 Å². The molecule has 1 aromatic carbocycles. The zero-order chi connectivity index (χ0) is 17.2. The van der Waals surface area contributed by atoms with E-state index in [0.717, 1.165) is 22.7 Å². The monoisotopic (exact) mass is 338 g/mol. The Hall–Kier alpha value is -3.09. The predicted molar refractivity (Wildman–Crippen MR) is 90.4 cm³/mol. The number of hydrogen-bond donors (Lipinski definition) is 1. The summed E-state index contributed by atoms with van der Waals surface area (Å²) in [5.41, 5.74) is 1.80. The molecule has 1 aliphatic heterocycles. The van der Waals surface area contributed by atoms with Gasteiger partial charge < -0.3 is 14.8 Å². The fraction of sp³-hybridized carbons (Fsp3) is 0.278. The number of nitrogens with one attached hydrogen (secondary N) is 1. The van der Waals surface area contributed by atoms with Gasteiger partial charge in [-0.15, -0.1) is 10.2 Å². The molecule has 3 heterocycles. The van der Waals surface area contributed by atoms with Crippen LogP contribution in [-0.4, -0.2) is 27.3 Å². The van der Waals surface area contributed by atoms with E-state index < -0.39 is 0 Å². The van der Waals surface area contributed by atoms with Gasteiger partial charge in [-0.3, -0.25) is 9.20 Å². The number of amides is 1. The van der Waals surface area contributed by atoms with E-state index in [1.54, 1.807) is 0 Å². The fourth-order valence-corrected chi connectivity index (χ4v) is 2.89. The molecule has 2 aromatic heterocycles. The molecule has 0 saturated heterocycles. The Balaban J connectivity index is 1.37. The molecule has 1 N–H and O–H groups in total. The lowest BCUT2D eigenvalue weighted by atomic mass is 10.1. The second-order valence-corrected chi connectivity index (χ2v) is 5.96. The molecular weight excluding hydrogens is 320 g/mol. The maximum atomic E-state index is 12.3. The number of carbonyl (C=O) groups is 1. The summed E-state index contributed by atoms with van der Waals surface area (Å²) < 4.78 is 12.5. The van der Waals surface area contributed by atoms with Crippen molar-refractivity contribution in [3.8, 4) is 11.5 Å². The largest absolute Gasteiger partial charge is 0.454 e. The van der Waals surface area contributed by atoms with Gasteiger partial charge in [0.15, 0.2) is 23.0 Å². The van der Waals surface area contributed by atoms with Crippen molar-refractivity contribution in [1.29, 1.82) is 0 Å². The molecule has 7 nitrogen and oxygen atoms in total. The van der Waals surface area contributed by atoms with Crippen molar-refractivity contribution in [3.63, 3.8) is 0 Å². The van der Waals surface area contributed by atoms with Crippen molar-refractivity contribution in [2.24, 2.45) is 0 Å². The molecular formula is C18H18N4O3. The molecule has 0 radical (unpaired) electrons. The minimum Gasteiger partial charge on any atom is -0.454 e. The minimum atomic E-state index is -0.221. The Morgan fingerprint density at radius 3 is 3.04 bits per heavy atom. The summed E-state index contributed by atoms with van der Waals surface area (Å²) in [5.74, 6) is 2.17. The van der Waals surface area contributed by atoms with Crippen LogP contribution in [0.3, 0.4) is 0 Å². The third-order valence-corrected chi connectivity index (χ3v) is 4.18. The molecule has 3 aromatic rings. The van der Waals surface area contributed by atoms with Gasteiger partial charge in [-0.05, 0) is 43.2 Å². The molecule has 1 atom stereocenters. The van der Waals surface area contributed by atoms with Crippen molar-refractivity contribution < 1.29 is 14.3 Å². The van der Waals surface area contributed by atoms with Crippen molar-refractivity contribution in [2.45, 2.75) is 25.8 Å². The van der Waals surface area contributed by atoms with Crippen LogP contribution in [0.2, 0.25) is 0 Å². The number of rotatable bonds is 5. The first-order valence-corrected chi connectivity index (χ1v) is 8.18. The fourth-order valence-electron chi connectivity index (χ4n) is 2.89. The van der Waals surface area contributed by atoms with Crippen LogP contribution in [-0.2, 0) is 11.2 Å². The molecule has 4 rings (SSSR count). The molecule has 0 fully saturated rings. The first kappa shape index (κ1) is 15.4. The minimum absolute atomic E-state index is 0.0298. The number of pyridine rings is 1. The average molecular weight is 338 g/mol.